The highest BCUT2D eigenvalue weighted by atomic mass is 16.6. The number of alkyl carbamates (subject to hydrolysis) is 1. The van der Waals surface area contributed by atoms with Gasteiger partial charge in [0.1, 0.15) is 12.2 Å². The highest BCUT2D eigenvalue weighted by Gasteiger charge is 2.34. The summed E-state index contributed by atoms with van der Waals surface area (Å²) in [5.74, 6) is -0.953. The van der Waals surface area contributed by atoms with Crippen molar-refractivity contribution in [3.05, 3.63) is 59.7 Å². The Morgan fingerprint density at radius 1 is 1.00 bits per heavy atom. The lowest BCUT2D eigenvalue weighted by Gasteiger charge is -2.37. The van der Waals surface area contributed by atoms with Gasteiger partial charge in [0.25, 0.3) is 0 Å². The van der Waals surface area contributed by atoms with Gasteiger partial charge >= 0.3 is 18.2 Å². The molecule has 0 heterocycles. The van der Waals surface area contributed by atoms with Crippen LogP contribution < -0.4 is 5.32 Å². The monoisotopic (exact) mass is 522 g/mol. The summed E-state index contributed by atoms with van der Waals surface area (Å²) in [5.41, 5.74) is 4.00. The molecule has 2 N–H and O–H groups in total. The Labute approximate surface area is 224 Å². The molecule has 2 amide bonds. The van der Waals surface area contributed by atoms with Gasteiger partial charge in [-0.15, -0.1) is 0 Å². The van der Waals surface area contributed by atoms with Crippen molar-refractivity contribution in [2.24, 2.45) is 0 Å². The van der Waals surface area contributed by atoms with Gasteiger partial charge in [0.2, 0.25) is 0 Å². The molecular formula is C30H38N2O6. The Hall–Kier alpha value is -3.55. The Morgan fingerprint density at radius 3 is 2.24 bits per heavy atom. The summed E-state index contributed by atoms with van der Waals surface area (Å²) in [6.07, 6.45) is 2.35. The highest BCUT2D eigenvalue weighted by Crippen LogP contribution is 2.44. The molecule has 204 valence electrons. The number of ether oxygens (including phenoxy) is 2. The number of carbonyl (C=O) groups is 3. The lowest BCUT2D eigenvalue weighted by atomic mass is 9.90. The van der Waals surface area contributed by atoms with Crippen LogP contribution in [0.3, 0.4) is 0 Å². The van der Waals surface area contributed by atoms with E-state index >= 15 is 0 Å². The number of carboxylic acid groups (broad SMARTS) is 1. The number of hydrogen-bond donors (Lipinski definition) is 2. The summed E-state index contributed by atoms with van der Waals surface area (Å²) in [5, 5.41) is 12.1. The van der Waals surface area contributed by atoms with Gasteiger partial charge in [-0.3, -0.25) is 4.79 Å². The first-order valence-corrected chi connectivity index (χ1v) is 13.5. The number of rotatable bonds is 8. The Kier molecular flexibility index (Phi) is 8.59. The summed E-state index contributed by atoms with van der Waals surface area (Å²) >= 11 is 0. The molecule has 0 bridgehead atoms. The highest BCUT2D eigenvalue weighted by molar-refractivity contribution is 5.79. The van der Waals surface area contributed by atoms with E-state index in [-0.39, 0.29) is 37.6 Å². The summed E-state index contributed by atoms with van der Waals surface area (Å²) in [7, 11) is 0. The first kappa shape index (κ1) is 27.5. The smallest absolute Gasteiger partial charge is 0.410 e. The number of nitrogens with one attached hydrogen (secondary N) is 1. The maximum Gasteiger partial charge on any atom is 0.410 e. The van der Waals surface area contributed by atoms with Crippen LogP contribution in [0, 0.1) is 0 Å². The van der Waals surface area contributed by atoms with E-state index < -0.39 is 23.8 Å². The van der Waals surface area contributed by atoms with E-state index in [4.69, 9.17) is 14.6 Å². The van der Waals surface area contributed by atoms with Crippen molar-refractivity contribution in [2.75, 3.05) is 13.2 Å². The largest absolute Gasteiger partial charge is 0.481 e. The fourth-order valence-electron chi connectivity index (χ4n) is 5.55. The molecule has 2 aliphatic rings. The number of amides is 2. The maximum atomic E-state index is 13.5. The van der Waals surface area contributed by atoms with E-state index in [0.29, 0.717) is 12.8 Å². The van der Waals surface area contributed by atoms with Crippen LogP contribution in [0.1, 0.15) is 76.3 Å². The molecule has 2 unspecified atom stereocenters. The van der Waals surface area contributed by atoms with Crippen molar-refractivity contribution in [3.8, 4) is 11.1 Å². The maximum absolute atomic E-state index is 13.5. The number of hydrogen-bond acceptors (Lipinski definition) is 5. The second-order valence-electron chi connectivity index (χ2n) is 11.2. The standard InChI is InChI=1S/C30H38N2O6/c1-30(2,3)38-28(35)31-20-10-8-11-21(18-20)32(17-9-16-27(33)34)29(36)37-19-26-24-14-6-4-12-22(24)23-13-5-7-15-25(23)26/h4-7,12-15,20-21,26H,8-11,16-19H2,1-3H3,(H,31,35)(H,33,34). The first-order valence-electron chi connectivity index (χ1n) is 13.5. The minimum absolute atomic E-state index is 0.0283. The van der Waals surface area contributed by atoms with E-state index in [1.807, 2.05) is 45.0 Å². The zero-order chi connectivity index (χ0) is 27.3. The topological polar surface area (TPSA) is 105 Å². The number of carbonyl (C=O) groups excluding carboxylic acids is 2. The Balaban J connectivity index is 1.44. The molecule has 1 saturated carbocycles. The molecular weight excluding hydrogens is 484 g/mol. The molecule has 2 aromatic rings. The van der Waals surface area contributed by atoms with Crippen LogP contribution in [0.5, 0.6) is 0 Å². The zero-order valence-electron chi connectivity index (χ0n) is 22.4. The number of fused-ring (bicyclic) bond motifs is 3. The second kappa shape index (κ2) is 11.9. The molecule has 8 nitrogen and oxygen atoms in total. The lowest BCUT2D eigenvalue weighted by Crippen LogP contribution is -2.49. The normalized spacial score (nSPS) is 18.7. The molecule has 2 atom stereocenters. The minimum atomic E-state index is -0.898. The van der Waals surface area contributed by atoms with Crippen LogP contribution in [-0.2, 0) is 14.3 Å². The summed E-state index contributed by atoms with van der Waals surface area (Å²) in [6, 6.07) is 16.1. The van der Waals surface area contributed by atoms with Gasteiger partial charge < -0.3 is 24.8 Å². The molecule has 38 heavy (non-hydrogen) atoms. The lowest BCUT2D eigenvalue weighted by molar-refractivity contribution is -0.137. The molecule has 8 heteroatoms. The van der Waals surface area contributed by atoms with Gasteiger partial charge in [0.15, 0.2) is 0 Å². The van der Waals surface area contributed by atoms with Crippen molar-refractivity contribution in [2.45, 2.75) is 82.9 Å². The van der Waals surface area contributed by atoms with E-state index in [1.165, 1.54) is 0 Å². The van der Waals surface area contributed by atoms with E-state index in [1.54, 1.807) is 4.90 Å². The van der Waals surface area contributed by atoms with Gasteiger partial charge in [-0.1, -0.05) is 48.5 Å². The predicted octanol–water partition coefficient (Wildman–Crippen LogP) is 5.94. The fraction of sp³-hybridized carbons (Fsp3) is 0.500. The molecule has 1 fully saturated rings. The van der Waals surface area contributed by atoms with Crippen molar-refractivity contribution < 1.29 is 29.0 Å². The molecule has 0 radical (unpaired) electrons. The van der Waals surface area contributed by atoms with Crippen LogP contribution in [0.15, 0.2) is 48.5 Å². The van der Waals surface area contributed by atoms with Crippen molar-refractivity contribution in [3.63, 3.8) is 0 Å². The van der Waals surface area contributed by atoms with Gasteiger partial charge in [0.05, 0.1) is 0 Å². The van der Waals surface area contributed by atoms with Gasteiger partial charge in [-0.2, -0.15) is 0 Å². The zero-order valence-corrected chi connectivity index (χ0v) is 22.4. The molecule has 4 rings (SSSR count). The van der Waals surface area contributed by atoms with Crippen molar-refractivity contribution >= 4 is 18.2 Å². The molecule has 0 saturated heterocycles. The van der Waals surface area contributed by atoms with Crippen molar-refractivity contribution in [1.82, 2.24) is 10.2 Å². The Morgan fingerprint density at radius 2 is 1.63 bits per heavy atom. The van der Waals surface area contributed by atoms with Crippen LogP contribution in [-0.4, -0.2) is 59.0 Å². The molecule has 0 spiro atoms. The molecule has 0 aromatic heterocycles. The van der Waals surface area contributed by atoms with Crippen LogP contribution in [0.25, 0.3) is 11.1 Å². The first-order chi connectivity index (χ1) is 18.1. The van der Waals surface area contributed by atoms with Gasteiger partial charge in [-0.05, 0) is 75.1 Å². The molecule has 2 aliphatic carbocycles. The second-order valence-corrected chi connectivity index (χ2v) is 11.2. The SMILES string of the molecule is CC(C)(C)OC(=O)NC1CCCC(N(CCCC(=O)O)C(=O)OCC2c3ccccc3-c3ccccc32)C1. The predicted molar refractivity (Wildman–Crippen MR) is 144 cm³/mol. The third-order valence-corrected chi connectivity index (χ3v) is 7.17. The number of nitrogens with zero attached hydrogens (tertiary/aromatic N) is 1. The third-order valence-electron chi connectivity index (χ3n) is 7.17. The Bertz CT molecular complexity index is 1110. The molecule has 2 aromatic carbocycles. The van der Waals surface area contributed by atoms with Gasteiger partial charge in [0, 0.05) is 31.0 Å². The summed E-state index contributed by atoms with van der Waals surface area (Å²) < 4.78 is 11.3. The van der Waals surface area contributed by atoms with Crippen LogP contribution in [0.4, 0.5) is 9.59 Å². The van der Waals surface area contributed by atoms with Crippen molar-refractivity contribution in [1.29, 1.82) is 0 Å². The van der Waals surface area contributed by atoms with E-state index in [0.717, 1.165) is 41.5 Å². The third kappa shape index (κ3) is 6.85. The quantitative estimate of drug-likeness (QED) is 0.445. The fourth-order valence-corrected chi connectivity index (χ4v) is 5.55. The average molecular weight is 523 g/mol. The van der Waals surface area contributed by atoms with Crippen LogP contribution in [0.2, 0.25) is 0 Å². The van der Waals surface area contributed by atoms with Crippen LogP contribution >= 0.6 is 0 Å². The average Bonchev–Trinajstić information content (AvgIpc) is 3.18. The number of benzene rings is 2. The minimum Gasteiger partial charge on any atom is -0.481 e. The number of carboxylic acids is 1. The van der Waals surface area contributed by atoms with E-state index in [2.05, 4.69) is 29.6 Å². The molecule has 0 aliphatic heterocycles. The van der Waals surface area contributed by atoms with Gasteiger partial charge in [-0.25, -0.2) is 9.59 Å². The summed E-state index contributed by atoms with van der Waals surface area (Å²) in [4.78, 5) is 38.6. The van der Waals surface area contributed by atoms with E-state index in [9.17, 15) is 14.4 Å². The summed E-state index contributed by atoms with van der Waals surface area (Å²) in [6.45, 7) is 5.94. The number of aliphatic carboxylic acids is 1.